The number of pyridine rings is 1. The summed E-state index contributed by atoms with van der Waals surface area (Å²) in [5.74, 6) is 1.85. The highest BCUT2D eigenvalue weighted by Gasteiger charge is 2.05. The monoisotopic (exact) mass is 341 g/mol. The van der Waals surface area contributed by atoms with Gasteiger partial charge in [-0.3, -0.25) is 4.79 Å². The third kappa shape index (κ3) is 3.81. The van der Waals surface area contributed by atoms with E-state index in [4.69, 9.17) is 16.3 Å². The highest BCUT2D eigenvalue weighted by molar-refractivity contribution is 6.17. The number of nitrogens with zero attached hydrogens (tertiary/aromatic N) is 3. The number of rotatable bonds is 6. The molecule has 0 saturated heterocycles. The smallest absolute Gasteiger partial charge is 0.273 e. The number of hydrogen-bond donors (Lipinski definition) is 0. The van der Waals surface area contributed by atoms with Crippen molar-refractivity contribution in [2.75, 3.05) is 12.5 Å². The van der Waals surface area contributed by atoms with Crippen LogP contribution in [0.1, 0.15) is 6.42 Å². The number of hydrogen-bond acceptors (Lipinski definition) is 4. The van der Waals surface area contributed by atoms with Crippen molar-refractivity contribution in [1.29, 1.82) is 0 Å². The third-order valence-corrected chi connectivity index (χ3v) is 3.67. The SMILES string of the molecule is O=c1cc(-c2ccc(OCCCCl)cc2)cnn1-c1ccccn1. The Morgan fingerprint density at radius 2 is 1.92 bits per heavy atom. The van der Waals surface area contributed by atoms with E-state index in [9.17, 15) is 4.79 Å². The fourth-order valence-electron chi connectivity index (χ4n) is 2.21. The van der Waals surface area contributed by atoms with Crippen LogP contribution in [0.5, 0.6) is 5.75 Å². The molecule has 6 heteroatoms. The summed E-state index contributed by atoms with van der Waals surface area (Å²) in [4.78, 5) is 16.4. The van der Waals surface area contributed by atoms with Gasteiger partial charge in [-0.05, 0) is 36.2 Å². The summed E-state index contributed by atoms with van der Waals surface area (Å²) in [5.41, 5.74) is 1.42. The molecule has 0 radical (unpaired) electrons. The van der Waals surface area contributed by atoms with E-state index in [0.29, 0.717) is 18.3 Å². The molecule has 3 aromatic rings. The molecule has 0 saturated carbocycles. The van der Waals surface area contributed by atoms with Crippen LogP contribution in [-0.2, 0) is 0 Å². The van der Waals surface area contributed by atoms with E-state index >= 15 is 0 Å². The van der Waals surface area contributed by atoms with E-state index in [1.807, 2.05) is 30.3 Å². The van der Waals surface area contributed by atoms with E-state index in [0.717, 1.165) is 23.3 Å². The van der Waals surface area contributed by atoms with Crippen molar-refractivity contribution in [3.63, 3.8) is 0 Å². The minimum Gasteiger partial charge on any atom is -0.494 e. The average molecular weight is 342 g/mol. The van der Waals surface area contributed by atoms with Gasteiger partial charge in [0.25, 0.3) is 5.56 Å². The second-order valence-corrected chi connectivity index (χ2v) is 5.48. The van der Waals surface area contributed by atoms with E-state index in [-0.39, 0.29) is 5.56 Å². The molecule has 24 heavy (non-hydrogen) atoms. The molecular formula is C18H16ClN3O2. The number of ether oxygens (including phenoxy) is 1. The summed E-state index contributed by atoms with van der Waals surface area (Å²) < 4.78 is 6.83. The molecular weight excluding hydrogens is 326 g/mol. The number of aromatic nitrogens is 3. The Morgan fingerprint density at radius 1 is 1.08 bits per heavy atom. The van der Waals surface area contributed by atoms with Gasteiger partial charge in [-0.2, -0.15) is 9.78 Å². The van der Waals surface area contributed by atoms with Gasteiger partial charge in [0.15, 0.2) is 5.82 Å². The van der Waals surface area contributed by atoms with Crippen molar-refractivity contribution < 1.29 is 4.74 Å². The predicted molar refractivity (Wildman–Crippen MR) is 93.9 cm³/mol. The maximum Gasteiger partial charge on any atom is 0.273 e. The first-order valence-corrected chi connectivity index (χ1v) is 8.11. The van der Waals surface area contributed by atoms with E-state index in [2.05, 4.69) is 10.1 Å². The fourth-order valence-corrected chi connectivity index (χ4v) is 2.31. The Hall–Kier alpha value is -2.66. The first kappa shape index (κ1) is 16.2. The molecule has 3 rings (SSSR count). The van der Waals surface area contributed by atoms with Gasteiger partial charge in [0, 0.05) is 23.7 Å². The zero-order chi connectivity index (χ0) is 16.8. The maximum absolute atomic E-state index is 12.3. The Labute approximate surface area is 144 Å². The first-order valence-electron chi connectivity index (χ1n) is 7.58. The summed E-state index contributed by atoms with van der Waals surface area (Å²) in [6.07, 6.45) is 4.08. The van der Waals surface area contributed by atoms with Gasteiger partial charge >= 0.3 is 0 Å². The molecule has 1 aromatic carbocycles. The minimum atomic E-state index is -0.228. The van der Waals surface area contributed by atoms with Gasteiger partial charge in [0.1, 0.15) is 5.75 Å². The average Bonchev–Trinajstić information content (AvgIpc) is 2.63. The highest BCUT2D eigenvalue weighted by atomic mass is 35.5. The Balaban J connectivity index is 1.80. The van der Waals surface area contributed by atoms with Crippen molar-refractivity contribution in [2.45, 2.75) is 6.42 Å². The molecule has 0 unspecified atom stereocenters. The molecule has 2 aromatic heterocycles. The zero-order valence-electron chi connectivity index (χ0n) is 12.9. The van der Waals surface area contributed by atoms with Crippen LogP contribution < -0.4 is 10.3 Å². The maximum atomic E-state index is 12.3. The first-order chi connectivity index (χ1) is 11.8. The molecule has 0 spiro atoms. The van der Waals surface area contributed by atoms with Crippen LogP contribution in [0.25, 0.3) is 16.9 Å². The second-order valence-electron chi connectivity index (χ2n) is 5.10. The largest absolute Gasteiger partial charge is 0.494 e. The minimum absolute atomic E-state index is 0.228. The van der Waals surface area contributed by atoms with Crippen LogP contribution in [0.2, 0.25) is 0 Å². The molecule has 2 heterocycles. The molecule has 122 valence electrons. The van der Waals surface area contributed by atoms with Crippen molar-refractivity contribution in [2.24, 2.45) is 0 Å². The van der Waals surface area contributed by atoms with Crippen molar-refractivity contribution in [1.82, 2.24) is 14.8 Å². The van der Waals surface area contributed by atoms with Crippen molar-refractivity contribution in [3.05, 3.63) is 71.3 Å². The van der Waals surface area contributed by atoms with Gasteiger partial charge in [0.05, 0.1) is 12.8 Å². The molecule has 0 amide bonds. The zero-order valence-corrected chi connectivity index (χ0v) is 13.7. The van der Waals surface area contributed by atoms with Crippen LogP contribution in [0.15, 0.2) is 65.7 Å². The van der Waals surface area contributed by atoms with Crippen LogP contribution in [-0.4, -0.2) is 27.3 Å². The van der Waals surface area contributed by atoms with Crippen LogP contribution in [0, 0.1) is 0 Å². The lowest BCUT2D eigenvalue weighted by Gasteiger charge is -2.07. The normalized spacial score (nSPS) is 10.5. The summed E-state index contributed by atoms with van der Waals surface area (Å²) in [7, 11) is 0. The molecule has 0 aliphatic carbocycles. The number of alkyl halides is 1. The summed E-state index contributed by atoms with van der Waals surface area (Å²) in [5, 5.41) is 4.20. The van der Waals surface area contributed by atoms with Gasteiger partial charge in [0.2, 0.25) is 0 Å². The van der Waals surface area contributed by atoms with Gasteiger partial charge < -0.3 is 4.74 Å². The Morgan fingerprint density at radius 3 is 2.58 bits per heavy atom. The Kier molecular flexibility index (Phi) is 5.23. The molecule has 0 N–H and O–H groups in total. The lowest BCUT2D eigenvalue weighted by molar-refractivity contribution is 0.318. The van der Waals surface area contributed by atoms with Gasteiger partial charge in [-0.25, -0.2) is 4.98 Å². The van der Waals surface area contributed by atoms with Gasteiger partial charge in [-0.15, -0.1) is 11.6 Å². The lowest BCUT2D eigenvalue weighted by Crippen LogP contribution is -2.20. The number of halogens is 1. The van der Waals surface area contributed by atoms with E-state index in [1.165, 1.54) is 4.68 Å². The molecule has 0 fully saturated rings. The highest BCUT2D eigenvalue weighted by Crippen LogP contribution is 2.21. The second kappa shape index (κ2) is 7.75. The summed E-state index contributed by atoms with van der Waals surface area (Å²) >= 11 is 5.62. The van der Waals surface area contributed by atoms with E-state index < -0.39 is 0 Å². The van der Waals surface area contributed by atoms with Crippen molar-refractivity contribution >= 4 is 11.6 Å². The summed E-state index contributed by atoms with van der Waals surface area (Å²) in [6.45, 7) is 0.588. The van der Waals surface area contributed by atoms with Gasteiger partial charge in [-0.1, -0.05) is 18.2 Å². The van der Waals surface area contributed by atoms with E-state index in [1.54, 1.807) is 30.6 Å². The standard InChI is InChI=1S/C18H16ClN3O2/c19-9-3-11-24-16-7-5-14(6-8-16)15-12-18(23)22(21-13-15)17-4-1-2-10-20-17/h1-2,4-8,10,12-13H,3,9,11H2. The molecule has 0 aliphatic heterocycles. The van der Waals surface area contributed by atoms with Crippen LogP contribution >= 0.6 is 11.6 Å². The fraction of sp³-hybridized carbons (Fsp3) is 0.167. The molecule has 5 nitrogen and oxygen atoms in total. The Bertz CT molecular complexity index is 848. The predicted octanol–water partition coefficient (Wildman–Crippen LogP) is 3.30. The summed E-state index contributed by atoms with van der Waals surface area (Å²) in [6, 6.07) is 14.4. The number of benzene rings is 1. The quantitative estimate of drug-likeness (QED) is 0.510. The topological polar surface area (TPSA) is 57.0 Å². The van der Waals surface area contributed by atoms with Crippen LogP contribution in [0.3, 0.4) is 0 Å². The molecule has 0 bridgehead atoms. The van der Waals surface area contributed by atoms with Crippen molar-refractivity contribution in [3.8, 4) is 22.7 Å². The van der Waals surface area contributed by atoms with Crippen LogP contribution in [0.4, 0.5) is 0 Å². The molecule has 0 aliphatic rings. The lowest BCUT2D eigenvalue weighted by atomic mass is 10.1. The third-order valence-electron chi connectivity index (χ3n) is 3.40. The molecule has 0 atom stereocenters.